The van der Waals surface area contributed by atoms with E-state index in [0.717, 1.165) is 0 Å². The molecule has 8 heavy (non-hydrogen) atoms. The van der Waals surface area contributed by atoms with Gasteiger partial charge >= 0.3 is 0 Å². The minimum atomic E-state index is 1.18. The van der Waals surface area contributed by atoms with Crippen molar-refractivity contribution in [3.8, 4) is 0 Å². The van der Waals surface area contributed by atoms with Gasteiger partial charge in [0.15, 0.2) is 0 Å². The first-order chi connectivity index (χ1) is 3.86. The van der Waals surface area contributed by atoms with Crippen molar-refractivity contribution < 1.29 is 0 Å². The summed E-state index contributed by atoms with van der Waals surface area (Å²) in [6.07, 6.45) is 7.92. The topological polar surface area (TPSA) is 0 Å². The van der Waals surface area contributed by atoms with Gasteiger partial charge in [0.05, 0.1) is 0 Å². The Hall–Kier alpha value is -0.780. The van der Waals surface area contributed by atoms with E-state index in [9.17, 15) is 0 Å². The van der Waals surface area contributed by atoms with Crippen LogP contribution in [0.25, 0.3) is 0 Å². The summed E-state index contributed by atoms with van der Waals surface area (Å²) in [5, 5.41) is 0. The van der Waals surface area contributed by atoms with E-state index >= 15 is 0 Å². The molecule has 0 heteroatoms. The van der Waals surface area contributed by atoms with Crippen molar-refractivity contribution in [2.75, 3.05) is 0 Å². The predicted molar refractivity (Wildman–Crippen MR) is 34.5 cm³/mol. The zero-order chi connectivity index (χ0) is 5.56. The standard InChI is InChI=1S/C8H8/c1-6-2-3-7-5-8(7)4-6/h2,4-5H,3H2,1H3. The van der Waals surface area contributed by atoms with Crippen LogP contribution in [-0.2, 0) is 0 Å². The molecule has 0 nitrogen and oxygen atoms in total. The molecule has 0 aromatic carbocycles. The minimum absolute atomic E-state index is 1.18. The van der Waals surface area contributed by atoms with Gasteiger partial charge in [0, 0.05) is 0 Å². The van der Waals surface area contributed by atoms with Gasteiger partial charge in [-0.05, 0) is 24.5 Å². The molecular formula is C8H8. The molecule has 0 atom stereocenters. The summed E-state index contributed by atoms with van der Waals surface area (Å²) in [5.74, 6) is 0. The second-order valence-corrected chi connectivity index (χ2v) is 2.42. The average molecular weight is 104 g/mol. The van der Waals surface area contributed by atoms with E-state index in [2.05, 4.69) is 25.2 Å². The van der Waals surface area contributed by atoms with Crippen LogP contribution >= 0.6 is 0 Å². The second kappa shape index (κ2) is 1.13. The molecule has 2 aliphatic rings. The van der Waals surface area contributed by atoms with Gasteiger partial charge in [-0.1, -0.05) is 23.8 Å². The second-order valence-electron chi connectivity index (χ2n) is 2.42. The maximum Gasteiger partial charge on any atom is -0.00856 e. The van der Waals surface area contributed by atoms with E-state index in [1.54, 1.807) is 0 Å². The highest BCUT2D eigenvalue weighted by Gasteiger charge is 2.16. The fourth-order valence-corrected chi connectivity index (χ4v) is 1.04. The molecule has 0 aromatic heterocycles. The molecule has 40 valence electrons. The summed E-state index contributed by atoms with van der Waals surface area (Å²) in [4.78, 5) is 0. The Morgan fingerprint density at radius 2 is 2.25 bits per heavy atom. The van der Waals surface area contributed by atoms with Gasteiger partial charge in [0.25, 0.3) is 0 Å². The van der Waals surface area contributed by atoms with Gasteiger partial charge in [-0.15, -0.1) is 0 Å². The Bertz CT molecular complexity index is 214. The average Bonchev–Trinajstić information content (AvgIpc) is 2.43. The first-order valence-electron chi connectivity index (χ1n) is 2.96. The molecule has 0 amide bonds. The molecule has 0 unspecified atom stereocenters. The monoisotopic (exact) mass is 104 g/mol. The van der Waals surface area contributed by atoms with Crippen LogP contribution in [0.4, 0.5) is 0 Å². The van der Waals surface area contributed by atoms with Crippen molar-refractivity contribution >= 4 is 0 Å². The van der Waals surface area contributed by atoms with Gasteiger partial charge in [-0.25, -0.2) is 0 Å². The molecule has 0 aromatic rings. The molecule has 0 bridgehead atoms. The smallest absolute Gasteiger partial charge is 0.00856 e. The van der Waals surface area contributed by atoms with Crippen molar-refractivity contribution in [3.63, 3.8) is 0 Å². The molecule has 0 heterocycles. The summed E-state index contributed by atoms with van der Waals surface area (Å²) in [6.45, 7) is 2.15. The molecule has 0 N–H and O–H groups in total. The molecule has 0 saturated carbocycles. The van der Waals surface area contributed by atoms with E-state index in [-0.39, 0.29) is 0 Å². The molecule has 0 spiro atoms. The molecule has 0 saturated heterocycles. The Morgan fingerprint density at radius 1 is 1.38 bits per heavy atom. The summed E-state index contributed by atoms with van der Waals surface area (Å²) < 4.78 is 0. The zero-order valence-electron chi connectivity index (χ0n) is 4.94. The summed E-state index contributed by atoms with van der Waals surface area (Å²) in [7, 11) is 0. The number of hydrogen-bond acceptors (Lipinski definition) is 0. The van der Waals surface area contributed by atoms with Crippen LogP contribution < -0.4 is 0 Å². The first kappa shape index (κ1) is 4.13. The van der Waals surface area contributed by atoms with Crippen molar-refractivity contribution in [2.24, 2.45) is 0 Å². The fourth-order valence-electron chi connectivity index (χ4n) is 1.04. The molecule has 0 fully saturated rings. The van der Waals surface area contributed by atoms with Crippen LogP contribution in [-0.4, -0.2) is 0 Å². The van der Waals surface area contributed by atoms with E-state index in [1.807, 2.05) is 0 Å². The summed E-state index contributed by atoms with van der Waals surface area (Å²) in [5.41, 5.74) is 4.43. The third-order valence-corrected chi connectivity index (χ3v) is 1.64. The van der Waals surface area contributed by atoms with Crippen LogP contribution in [0.2, 0.25) is 0 Å². The van der Waals surface area contributed by atoms with Crippen molar-refractivity contribution in [1.29, 1.82) is 0 Å². The molecule has 2 rings (SSSR count). The normalized spacial score (nSPS) is 22.9. The third kappa shape index (κ3) is 0.460. The Labute approximate surface area is 49.2 Å². The number of hydrogen-bond donors (Lipinski definition) is 0. The number of fused-ring (bicyclic) bond motifs is 1. The van der Waals surface area contributed by atoms with Crippen LogP contribution in [0.5, 0.6) is 0 Å². The van der Waals surface area contributed by atoms with Crippen LogP contribution in [0.15, 0.2) is 34.9 Å². The van der Waals surface area contributed by atoms with Gasteiger partial charge in [0.1, 0.15) is 0 Å². The van der Waals surface area contributed by atoms with Crippen LogP contribution in [0.1, 0.15) is 13.3 Å². The lowest BCUT2D eigenvalue weighted by atomic mass is 10.1. The Morgan fingerprint density at radius 3 is 2.88 bits per heavy atom. The SMILES string of the molecule is CC1=CCC2=CC2=C1. The van der Waals surface area contributed by atoms with Crippen LogP contribution in [0, 0.1) is 0 Å². The van der Waals surface area contributed by atoms with E-state index in [1.165, 1.54) is 23.1 Å². The van der Waals surface area contributed by atoms with Crippen molar-refractivity contribution in [2.45, 2.75) is 13.3 Å². The summed E-state index contributed by atoms with van der Waals surface area (Å²) >= 11 is 0. The van der Waals surface area contributed by atoms with Gasteiger partial charge in [-0.2, -0.15) is 0 Å². The number of allylic oxidation sites excluding steroid dienone is 6. The highest BCUT2D eigenvalue weighted by molar-refractivity contribution is 5.62. The largest absolute Gasteiger partial charge is 0.0772 e. The maximum absolute atomic E-state index is 2.27. The first-order valence-corrected chi connectivity index (χ1v) is 2.96. The molecule has 0 radical (unpaired) electrons. The van der Waals surface area contributed by atoms with Crippen LogP contribution in [0.3, 0.4) is 0 Å². The maximum atomic E-state index is 2.27. The van der Waals surface area contributed by atoms with Gasteiger partial charge in [0.2, 0.25) is 0 Å². The minimum Gasteiger partial charge on any atom is -0.0772 e. The van der Waals surface area contributed by atoms with Gasteiger partial charge < -0.3 is 0 Å². The lowest BCUT2D eigenvalue weighted by molar-refractivity contribution is 1.26. The Balaban J connectivity index is 2.35. The highest BCUT2D eigenvalue weighted by atomic mass is 14.2. The van der Waals surface area contributed by atoms with E-state index < -0.39 is 0 Å². The lowest BCUT2D eigenvalue weighted by Crippen LogP contribution is -1.76. The third-order valence-electron chi connectivity index (χ3n) is 1.64. The van der Waals surface area contributed by atoms with Crippen molar-refractivity contribution in [1.82, 2.24) is 0 Å². The molecule has 0 aliphatic heterocycles. The fraction of sp³-hybridized carbons (Fsp3) is 0.250. The van der Waals surface area contributed by atoms with E-state index in [4.69, 9.17) is 0 Å². The molecular weight excluding hydrogens is 96.1 g/mol. The quantitative estimate of drug-likeness (QED) is 0.442. The van der Waals surface area contributed by atoms with Crippen molar-refractivity contribution in [3.05, 3.63) is 34.9 Å². The zero-order valence-corrected chi connectivity index (χ0v) is 4.94. The Kier molecular flexibility index (Phi) is 0.587. The predicted octanol–water partition coefficient (Wildman–Crippen LogP) is 2.20. The lowest BCUT2D eigenvalue weighted by Gasteiger charge is -1.95. The molecule has 2 aliphatic carbocycles. The summed E-state index contributed by atoms with van der Waals surface area (Å²) in [6, 6.07) is 0. The van der Waals surface area contributed by atoms with E-state index in [0.29, 0.717) is 0 Å². The highest BCUT2D eigenvalue weighted by Crippen LogP contribution is 2.35. The van der Waals surface area contributed by atoms with Gasteiger partial charge in [-0.3, -0.25) is 0 Å². The number of rotatable bonds is 0.